The highest BCUT2D eigenvalue weighted by Gasteiger charge is 2.24. The normalized spacial score (nSPS) is 10.5. The van der Waals surface area contributed by atoms with Gasteiger partial charge in [-0.3, -0.25) is 5.32 Å². The van der Waals surface area contributed by atoms with E-state index in [4.69, 9.17) is 0 Å². The Morgan fingerprint density at radius 3 is 2.25 bits per heavy atom. The third-order valence-corrected chi connectivity index (χ3v) is 4.56. The average molecular weight is 381 g/mol. The molecule has 0 fully saturated rings. The predicted molar refractivity (Wildman–Crippen MR) is 105 cm³/mol. The first-order chi connectivity index (χ1) is 13.4. The Morgan fingerprint density at radius 1 is 1.00 bits per heavy atom. The fraction of sp³-hybridized carbons (Fsp3) is 0.143. The van der Waals surface area contributed by atoms with Crippen LogP contribution in [-0.2, 0) is 6.54 Å². The molecule has 28 heavy (non-hydrogen) atoms. The molecule has 3 aromatic rings. The van der Waals surface area contributed by atoms with Crippen molar-refractivity contribution in [3.05, 3.63) is 82.8 Å². The van der Waals surface area contributed by atoms with Gasteiger partial charge in [0, 0.05) is 17.9 Å². The lowest BCUT2D eigenvalue weighted by Crippen LogP contribution is -2.23. The van der Waals surface area contributed by atoms with E-state index in [-0.39, 0.29) is 11.4 Å². The Labute approximate surface area is 161 Å². The zero-order valence-electron chi connectivity index (χ0n) is 15.5. The first-order valence-corrected chi connectivity index (χ1v) is 8.67. The third kappa shape index (κ3) is 4.03. The minimum Gasteiger partial charge on any atom is -0.478 e. The van der Waals surface area contributed by atoms with Crippen molar-refractivity contribution < 1.29 is 19.1 Å². The number of carboxylic acid groups (broad SMARTS) is 1. The summed E-state index contributed by atoms with van der Waals surface area (Å²) in [6.45, 7) is 3.93. The molecule has 0 radical (unpaired) electrons. The standard InChI is InChI=1S/C21H20FN3O3/c1-13-14(2)25(12-15-6-4-3-5-7-15)19(18(13)20(26)27)24-21(28)23-17-10-8-16(22)9-11-17/h3-11H,12H2,1-2H3,(H,26,27)(H2,23,24,28). The van der Waals surface area contributed by atoms with Crippen molar-refractivity contribution in [2.45, 2.75) is 20.4 Å². The second kappa shape index (κ2) is 7.96. The summed E-state index contributed by atoms with van der Waals surface area (Å²) in [6, 6.07) is 14.2. The lowest BCUT2D eigenvalue weighted by Gasteiger charge is -2.14. The number of anilines is 2. The number of carbonyl (C=O) groups is 2. The van der Waals surface area contributed by atoms with E-state index in [9.17, 15) is 19.1 Å². The summed E-state index contributed by atoms with van der Waals surface area (Å²) in [7, 11) is 0. The summed E-state index contributed by atoms with van der Waals surface area (Å²) in [4.78, 5) is 24.3. The quantitative estimate of drug-likeness (QED) is 0.602. The molecule has 3 N–H and O–H groups in total. The lowest BCUT2D eigenvalue weighted by atomic mass is 10.1. The molecule has 0 bridgehead atoms. The van der Waals surface area contributed by atoms with Crippen molar-refractivity contribution in [1.82, 2.24) is 4.57 Å². The molecule has 6 nitrogen and oxygen atoms in total. The highest BCUT2D eigenvalue weighted by molar-refractivity contribution is 6.05. The lowest BCUT2D eigenvalue weighted by molar-refractivity contribution is 0.0697. The van der Waals surface area contributed by atoms with Gasteiger partial charge < -0.3 is 15.0 Å². The molecule has 2 aromatic carbocycles. The van der Waals surface area contributed by atoms with Crippen LogP contribution in [-0.4, -0.2) is 21.7 Å². The van der Waals surface area contributed by atoms with Crippen LogP contribution in [0.25, 0.3) is 0 Å². The molecular weight excluding hydrogens is 361 g/mol. The second-order valence-corrected chi connectivity index (χ2v) is 6.40. The molecule has 0 aliphatic rings. The van der Waals surface area contributed by atoms with Crippen LogP contribution in [0.4, 0.5) is 20.7 Å². The first-order valence-electron chi connectivity index (χ1n) is 8.67. The van der Waals surface area contributed by atoms with E-state index in [0.717, 1.165) is 11.3 Å². The zero-order valence-corrected chi connectivity index (χ0v) is 15.5. The van der Waals surface area contributed by atoms with E-state index in [1.54, 1.807) is 11.5 Å². The van der Waals surface area contributed by atoms with Gasteiger partial charge in [0.2, 0.25) is 0 Å². The fourth-order valence-corrected chi connectivity index (χ4v) is 3.02. The van der Waals surface area contributed by atoms with E-state index in [0.29, 0.717) is 17.8 Å². The van der Waals surface area contributed by atoms with Crippen LogP contribution in [0, 0.1) is 19.7 Å². The van der Waals surface area contributed by atoms with Crippen molar-refractivity contribution in [2.75, 3.05) is 10.6 Å². The number of aromatic carboxylic acids is 1. The SMILES string of the molecule is Cc1c(C(=O)O)c(NC(=O)Nc2ccc(F)cc2)n(Cc2ccccc2)c1C. The topological polar surface area (TPSA) is 83.4 Å². The maximum Gasteiger partial charge on any atom is 0.339 e. The Kier molecular flexibility index (Phi) is 5.44. The molecule has 3 rings (SSSR count). The van der Waals surface area contributed by atoms with Gasteiger partial charge in [-0.15, -0.1) is 0 Å². The van der Waals surface area contributed by atoms with E-state index in [1.165, 1.54) is 24.3 Å². The minimum atomic E-state index is -1.12. The summed E-state index contributed by atoms with van der Waals surface area (Å²) in [5.74, 6) is -1.34. The highest BCUT2D eigenvalue weighted by atomic mass is 19.1. The van der Waals surface area contributed by atoms with Crippen LogP contribution in [0.1, 0.15) is 27.2 Å². The van der Waals surface area contributed by atoms with Crippen LogP contribution >= 0.6 is 0 Å². The van der Waals surface area contributed by atoms with E-state index in [2.05, 4.69) is 10.6 Å². The molecule has 0 spiro atoms. The van der Waals surface area contributed by atoms with Gasteiger partial charge >= 0.3 is 12.0 Å². The number of nitrogens with zero attached hydrogens (tertiary/aromatic N) is 1. The molecule has 0 atom stereocenters. The fourth-order valence-electron chi connectivity index (χ4n) is 3.02. The predicted octanol–water partition coefficient (Wildman–Crippen LogP) is 4.63. The van der Waals surface area contributed by atoms with Crippen molar-refractivity contribution in [3.63, 3.8) is 0 Å². The summed E-state index contributed by atoms with van der Waals surface area (Å²) < 4.78 is 14.8. The molecular formula is C21H20FN3O3. The number of carbonyl (C=O) groups excluding carboxylic acids is 1. The number of benzene rings is 2. The summed E-state index contributed by atoms with van der Waals surface area (Å²) >= 11 is 0. The number of carboxylic acids is 1. The number of hydrogen-bond acceptors (Lipinski definition) is 2. The van der Waals surface area contributed by atoms with Crippen molar-refractivity contribution >= 4 is 23.5 Å². The van der Waals surface area contributed by atoms with Gasteiger partial charge in [-0.2, -0.15) is 0 Å². The largest absolute Gasteiger partial charge is 0.478 e. The number of hydrogen-bond donors (Lipinski definition) is 3. The van der Waals surface area contributed by atoms with Crippen LogP contribution in [0.2, 0.25) is 0 Å². The van der Waals surface area contributed by atoms with Gasteiger partial charge in [0.15, 0.2) is 0 Å². The van der Waals surface area contributed by atoms with Gasteiger partial charge in [-0.25, -0.2) is 14.0 Å². The minimum absolute atomic E-state index is 0.0442. The van der Waals surface area contributed by atoms with Gasteiger partial charge in [0.1, 0.15) is 17.2 Å². The monoisotopic (exact) mass is 381 g/mol. The summed E-state index contributed by atoms with van der Waals surface area (Å²) in [5, 5.41) is 14.9. The van der Waals surface area contributed by atoms with Crippen molar-refractivity contribution in [3.8, 4) is 0 Å². The van der Waals surface area contributed by atoms with E-state index < -0.39 is 17.8 Å². The van der Waals surface area contributed by atoms with Gasteiger partial charge in [0.25, 0.3) is 0 Å². The molecule has 1 aromatic heterocycles. The molecule has 2 amide bonds. The van der Waals surface area contributed by atoms with Gasteiger partial charge in [-0.1, -0.05) is 30.3 Å². The molecule has 1 heterocycles. The molecule has 0 saturated carbocycles. The maximum atomic E-state index is 13.0. The Bertz CT molecular complexity index is 1010. The Hall–Kier alpha value is -3.61. The Balaban J connectivity index is 1.93. The van der Waals surface area contributed by atoms with Crippen LogP contribution in [0.5, 0.6) is 0 Å². The van der Waals surface area contributed by atoms with Gasteiger partial charge in [-0.05, 0) is 49.2 Å². The smallest absolute Gasteiger partial charge is 0.339 e. The number of rotatable bonds is 5. The molecule has 0 aliphatic carbocycles. The maximum absolute atomic E-state index is 13.0. The van der Waals surface area contributed by atoms with Gasteiger partial charge in [0.05, 0.1) is 0 Å². The summed E-state index contributed by atoms with van der Waals surface area (Å²) in [5.41, 5.74) is 2.74. The molecule has 0 aliphatic heterocycles. The number of urea groups is 1. The highest BCUT2D eigenvalue weighted by Crippen LogP contribution is 2.28. The number of halogens is 1. The Morgan fingerprint density at radius 2 is 1.64 bits per heavy atom. The average Bonchev–Trinajstić information content (AvgIpc) is 2.89. The molecule has 7 heteroatoms. The van der Waals surface area contributed by atoms with Crippen LogP contribution < -0.4 is 10.6 Å². The second-order valence-electron chi connectivity index (χ2n) is 6.40. The third-order valence-electron chi connectivity index (χ3n) is 4.56. The van der Waals surface area contributed by atoms with Crippen molar-refractivity contribution in [2.24, 2.45) is 0 Å². The summed E-state index contributed by atoms with van der Waals surface area (Å²) in [6.07, 6.45) is 0. The van der Waals surface area contributed by atoms with E-state index in [1.807, 2.05) is 37.3 Å². The van der Waals surface area contributed by atoms with Crippen LogP contribution in [0.15, 0.2) is 54.6 Å². The zero-order chi connectivity index (χ0) is 20.3. The number of aromatic nitrogens is 1. The van der Waals surface area contributed by atoms with Crippen LogP contribution in [0.3, 0.4) is 0 Å². The number of amides is 2. The van der Waals surface area contributed by atoms with Crippen molar-refractivity contribution in [1.29, 1.82) is 0 Å². The molecule has 0 unspecified atom stereocenters. The molecule has 144 valence electrons. The number of nitrogens with one attached hydrogen (secondary N) is 2. The van der Waals surface area contributed by atoms with E-state index >= 15 is 0 Å². The first kappa shape index (κ1) is 19.2. The molecule has 0 saturated heterocycles.